The Morgan fingerprint density at radius 1 is 1.00 bits per heavy atom. The lowest BCUT2D eigenvalue weighted by atomic mass is 9.89. The smallest absolute Gasteiger partial charge is 0.316 e. The molecule has 2 atom stereocenters. The second kappa shape index (κ2) is 10.2. The van der Waals surface area contributed by atoms with Gasteiger partial charge in [0.2, 0.25) is 5.91 Å². The molecule has 11 nitrogen and oxygen atoms in total. The molecule has 2 N–H and O–H groups in total. The van der Waals surface area contributed by atoms with Crippen LogP contribution in [0.25, 0.3) is 0 Å². The third-order valence-electron chi connectivity index (χ3n) is 6.76. The molecular weight excluding hydrogens is 494 g/mol. The number of amides is 4. The molecular formula is C27H29N3O8. The highest BCUT2D eigenvalue weighted by Crippen LogP contribution is 2.37. The Hall–Kier alpha value is -4.41. The summed E-state index contributed by atoms with van der Waals surface area (Å²) in [5.41, 5.74) is 5.32. The van der Waals surface area contributed by atoms with Crippen molar-refractivity contribution < 1.29 is 38.2 Å². The summed E-state index contributed by atoms with van der Waals surface area (Å²) in [6, 6.07) is 11.2. The lowest BCUT2D eigenvalue weighted by Gasteiger charge is -2.27. The Morgan fingerprint density at radius 3 is 2.16 bits per heavy atom. The van der Waals surface area contributed by atoms with Crippen molar-refractivity contribution in [2.24, 2.45) is 11.1 Å². The van der Waals surface area contributed by atoms with E-state index in [1.54, 1.807) is 56.3 Å². The van der Waals surface area contributed by atoms with E-state index in [1.807, 2.05) is 0 Å². The normalized spacial score (nSPS) is 18.8. The minimum Gasteiger partial charge on any atom is -0.493 e. The van der Waals surface area contributed by atoms with Crippen molar-refractivity contribution >= 4 is 29.6 Å². The molecule has 1 saturated heterocycles. The average molecular weight is 524 g/mol. The first-order valence-electron chi connectivity index (χ1n) is 11.9. The number of imide groups is 1. The zero-order valence-corrected chi connectivity index (χ0v) is 21.6. The summed E-state index contributed by atoms with van der Waals surface area (Å²) in [4.78, 5) is 66.5. The molecule has 0 aromatic heterocycles. The fourth-order valence-electron chi connectivity index (χ4n) is 4.86. The van der Waals surface area contributed by atoms with E-state index in [9.17, 15) is 24.0 Å². The van der Waals surface area contributed by atoms with E-state index >= 15 is 0 Å². The number of rotatable bonds is 9. The second-order valence-electron chi connectivity index (χ2n) is 9.90. The number of esters is 1. The molecule has 4 amide bonds. The van der Waals surface area contributed by atoms with E-state index in [0.717, 1.165) is 4.90 Å². The summed E-state index contributed by atoms with van der Waals surface area (Å²) in [5.74, 6) is -3.52. The predicted molar refractivity (Wildman–Crippen MR) is 134 cm³/mol. The van der Waals surface area contributed by atoms with Gasteiger partial charge in [-0.15, -0.1) is 0 Å². The highest BCUT2D eigenvalue weighted by Gasteiger charge is 2.50. The minimum absolute atomic E-state index is 0.159. The van der Waals surface area contributed by atoms with Crippen molar-refractivity contribution in [2.75, 3.05) is 33.9 Å². The van der Waals surface area contributed by atoms with Crippen LogP contribution in [0.15, 0.2) is 42.5 Å². The maximum Gasteiger partial charge on any atom is 0.316 e. The molecule has 1 fully saturated rings. The molecule has 2 aliphatic rings. The van der Waals surface area contributed by atoms with Crippen LogP contribution < -0.4 is 15.2 Å². The van der Waals surface area contributed by atoms with Gasteiger partial charge < -0.3 is 24.8 Å². The fourth-order valence-corrected chi connectivity index (χ4v) is 4.86. The largest absolute Gasteiger partial charge is 0.493 e. The van der Waals surface area contributed by atoms with Crippen LogP contribution in [0.4, 0.5) is 0 Å². The van der Waals surface area contributed by atoms with Crippen LogP contribution in [0.2, 0.25) is 0 Å². The van der Waals surface area contributed by atoms with Gasteiger partial charge in [-0.05, 0) is 29.8 Å². The first-order valence-corrected chi connectivity index (χ1v) is 11.9. The molecule has 11 heteroatoms. The number of likely N-dealkylation sites (tertiary alicyclic amines) is 1. The minimum atomic E-state index is -1.20. The number of carbonyl (C=O) groups excluding carboxylic acids is 5. The van der Waals surface area contributed by atoms with Gasteiger partial charge >= 0.3 is 5.97 Å². The predicted octanol–water partition coefficient (Wildman–Crippen LogP) is 1.35. The topological polar surface area (TPSA) is 146 Å². The number of ether oxygens (including phenoxy) is 3. The Kier molecular flexibility index (Phi) is 7.12. The number of benzene rings is 2. The van der Waals surface area contributed by atoms with E-state index in [1.165, 1.54) is 19.1 Å². The molecule has 2 aromatic carbocycles. The second-order valence-corrected chi connectivity index (χ2v) is 9.90. The van der Waals surface area contributed by atoms with E-state index in [0.29, 0.717) is 17.1 Å². The summed E-state index contributed by atoms with van der Waals surface area (Å²) in [5, 5.41) is 0. The number of primary amides is 1. The number of fused-ring (bicyclic) bond motifs is 1. The van der Waals surface area contributed by atoms with Gasteiger partial charge in [0.15, 0.2) is 17.6 Å². The molecule has 0 radical (unpaired) electrons. The summed E-state index contributed by atoms with van der Waals surface area (Å²) in [6.07, 6.45) is -1.20. The lowest BCUT2D eigenvalue weighted by Crippen LogP contribution is -2.41. The molecule has 0 saturated carbocycles. The number of nitrogens with two attached hydrogens (primary N) is 1. The standard InChI is InChI=1S/C27H29N3O8/c1-27(2)14-29(13-21(28)31)25(34)22(27)38-26(35)18(15-9-10-19(36-3)20(11-15)37-4)12-30-23(32)16-7-5-6-8-17(16)24(30)33/h5-11,18,22H,12-14H2,1-4H3,(H2,28,31)/t18-,22+/m0/s1. The van der Waals surface area contributed by atoms with Gasteiger partial charge in [0, 0.05) is 18.5 Å². The number of hydrogen-bond acceptors (Lipinski definition) is 8. The van der Waals surface area contributed by atoms with Gasteiger partial charge in [-0.2, -0.15) is 0 Å². The van der Waals surface area contributed by atoms with Gasteiger partial charge in [0.1, 0.15) is 5.92 Å². The highest BCUT2D eigenvalue weighted by atomic mass is 16.6. The van der Waals surface area contributed by atoms with Crippen molar-refractivity contribution in [1.82, 2.24) is 9.80 Å². The van der Waals surface area contributed by atoms with Crippen LogP contribution in [0.3, 0.4) is 0 Å². The van der Waals surface area contributed by atoms with Gasteiger partial charge in [0.25, 0.3) is 17.7 Å². The van der Waals surface area contributed by atoms with Crippen molar-refractivity contribution in [2.45, 2.75) is 25.9 Å². The van der Waals surface area contributed by atoms with E-state index in [2.05, 4.69) is 0 Å². The third kappa shape index (κ3) is 4.79. The third-order valence-corrected chi connectivity index (χ3v) is 6.76. The highest BCUT2D eigenvalue weighted by molar-refractivity contribution is 6.21. The molecule has 0 bridgehead atoms. The molecule has 200 valence electrons. The monoisotopic (exact) mass is 523 g/mol. The Morgan fingerprint density at radius 2 is 1.61 bits per heavy atom. The molecule has 38 heavy (non-hydrogen) atoms. The van der Waals surface area contributed by atoms with Gasteiger partial charge in [-0.3, -0.25) is 28.9 Å². The fraction of sp³-hybridized carbons (Fsp3) is 0.370. The summed E-state index contributed by atoms with van der Waals surface area (Å²) >= 11 is 0. The molecule has 0 aliphatic carbocycles. The average Bonchev–Trinajstić information content (AvgIpc) is 3.25. The van der Waals surface area contributed by atoms with Gasteiger partial charge in [0.05, 0.1) is 31.9 Å². The van der Waals surface area contributed by atoms with Crippen LogP contribution in [-0.2, 0) is 19.1 Å². The number of nitrogens with zero attached hydrogens (tertiary/aromatic N) is 2. The van der Waals surface area contributed by atoms with Crippen LogP contribution in [-0.4, -0.2) is 79.4 Å². The molecule has 0 unspecified atom stereocenters. The quantitative estimate of drug-likeness (QED) is 0.383. The van der Waals surface area contributed by atoms with Gasteiger partial charge in [-0.25, -0.2) is 0 Å². The zero-order chi connectivity index (χ0) is 27.8. The number of methoxy groups -OCH3 is 2. The van der Waals surface area contributed by atoms with Crippen LogP contribution in [0.5, 0.6) is 11.5 Å². The van der Waals surface area contributed by atoms with Crippen molar-refractivity contribution in [3.63, 3.8) is 0 Å². The molecule has 2 aliphatic heterocycles. The maximum atomic E-state index is 13.7. The lowest BCUT2D eigenvalue weighted by molar-refractivity contribution is -0.161. The van der Waals surface area contributed by atoms with Crippen molar-refractivity contribution in [1.29, 1.82) is 0 Å². The Labute approximate surface area is 219 Å². The SMILES string of the molecule is COc1ccc([C@H](CN2C(=O)c3ccccc3C2=O)C(=O)O[C@@H]2C(=O)N(CC(N)=O)CC2(C)C)cc1OC. The first-order chi connectivity index (χ1) is 18.0. The summed E-state index contributed by atoms with van der Waals surface area (Å²) in [6.45, 7) is 3.00. The van der Waals surface area contributed by atoms with E-state index in [-0.39, 0.29) is 30.8 Å². The zero-order valence-electron chi connectivity index (χ0n) is 21.6. The summed E-state index contributed by atoms with van der Waals surface area (Å²) < 4.78 is 16.4. The maximum absolute atomic E-state index is 13.7. The molecule has 0 spiro atoms. The first kappa shape index (κ1) is 26.6. The van der Waals surface area contributed by atoms with Crippen LogP contribution >= 0.6 is 0 Å². The van der Waals surface area contributed by atoms with Crippen molar-refractivity contribution in [3.8, 4) is 11.5 Å². The van der Waals surface area contributed by atoms with E-state index in [4.69, 9.17) is 19.9 Å². The van der Waals surface area contributed by atoms with Gasteiger partial charge in [-0.1, -0.05) is 32.0 Å². The van der Waals surface area contributed by atoms with Crippen LogP contribution in [0.1, 0.15) is 46.0 Å². The van der Waals surface area contributed by atoms with Crippen molar-refractivity contribution in [3.05, 3.63) is 59.2 Å². The molecule has 4 rings (SSSR count). The summed E-state index contributed by atoms with van der Waals surface area (Å²) in [7, 11) is 2.90. The Balaban J connectivity index is 1.67. The Bertz CT molecular complexity index is 1290. The van der Waals surface area contributed by atoms with Crippen LogP contribution in [0, 0.1) is 5.41 Å². The number of carbonyl (C=O) groups is 5. The molecule has 2 heterocycles. The number of hydrogen-bond donors (Lipinski definition) is 1. The molecule has 2 aromatic rings. The van der Waals surface area contributed by atoms with E-state index < -0.39 is 47.0 Å².